The molecular formula is C16H18N2O6. The van der Waals surface area contributed by atoms with E-state index in [0.29, 0.717) is 17.0 Å². The van der Waals surface area contributed by atoms with Gasteiger partial charge in [0.2, 0.25) is 5.76 Å². The molecule has 1 aromatic carbocycles. The molecule has 0 atom stereocenters. The zero-order valence-electron chi connectivity index (χ0n) is 13.7. The van der Waals surface area contributed by atoms with Crippen LogP contribution in [0.5, 0.6) is 5.75 Å². The van der Waals surface area contributed by atoms with Crippen molar-refractivity contribution < 1.29 is 28.7 Å². The Labute approximate surface area is 138 Å². The second kappa shape index (κ2) is 6.61. The first-order valence-electron chi connectivity index (χ1n) is 7.08. The molecule has 0 fully saturated rings. The van der Waals surface area contributed by atoms with Crippen molar-refractivity contribution in [2.24, 2.45) is 0 Å². The van der Waals surface area contributed by atoms with Crippen molar-refractivity contribution in [2.45, 2.75) is 26.4 Å². The molecule has 0 aliphatic heterocycles. The number of hydrogen-bond donors (Lipinski definition) is 2. The van der Waals surface area contributed by atoms with Crippen LogP contribution in [0.2, 0.25) is 0 Å². The third-order valence-electron chi connectivity index (χ3n) is 2.86. The Morgan fingerprint density at radius 2 is 1.96 bits per heavy atom. The Hall–Kier alpha value is -3.03. The summed E-state index contributed by atoms with van der Waals surface area (Å²) >= 11 is 0. The molecule has 1 aromatic heterocycles. The Bertz CT molecular complexity index is 760. The first-order chi connectivity index (χ1) is 11.2. The lowest BCUT2D eigenvalue weighted by molar-refractivity contribution is 0.0631. The van der Waals surface area contributed by atoms with E-state index in [0.717, 1.165) is 0 Å². The zero-order chi connectivity index (χ0) is 17.9. The molecule has 0 bridgehead atoms. The van der Waals surface area contributed by atoms with Crippen molar-refractivity contribution in [2.75, 3.05) is 12.4 Å². The number of amides is 1. The molecule has 0 unspecified atom stereocenters. The van der Waals surface area contributed by atoms with E-state index in [1.807, 2.05) is 0 Å². The molecule has 0 aliphatic rings. The van der Waals surface area contributed by atoms with E-state index in [2.05, 4.69) is 10.5 Å². The van der Waals surface area contributed by atoms with Gasteiger partial charge in [0.15, 0.2) is 0 Å². The maximum Gasteiger partial charge on any atom is 0.412 e. The lowest BCUT2D eigenvalue weighted by atomic mass is 10.1. The fourth-order valence-electron chi connectivity index (χ4n) is 1.89. The Balaban J connectivity index is 2.37. The minimum absolute atomic E-state index is 0.265. The summed E-state index contributed by atoms with van der Waals surface area (Å²) < 4.78 is 15.1. The van der Waals surface area contributed by atoms with Gasteiger partial charge in [-0.25, -0.2) is 9.59 Å². The molecule has 2 aromatic rings. The molecule has 2 N–H and O–H groups in total. The van der Waals surface area contributed by atoms with E-state index in [9.17, 15) is 9.59 Å². The number of aromatic nitrogens is 1. The minimum atomic E-state index is -1.23. The number of ether oxygens (including phenoxy) is 2. The van der Waals surface area contributed by atoms with Crippen LogP contribution in [0.15, 0.2) is 28.8 Å². The standard InChI is InChI=1S/C16H18N2O6/c1-16(2,3)23-15(21)17-11-7-9(22-4)5-6-10(11)12-8-13(14(19)20)24-18-12/h5-8H,1-4H3,(H,17,21)(H,19,20). The molecule has 1 amide bonds. The van der Waals surface area contributed by atoms with Crippen LogP contribution in [-0.4, -0.2) is 35.0 Å². The summed E-state index contributed by atoms with van der Waals surface area (Å²) in [5.74, 6) is -1.03. The van der Waals surface area contributed by atoms with Gasteiger partial charge in [0.1, 0.15) is 17.0 Å². The Morgan fingerprint density at radius 3 is 2.50 bits per heavy atom. The number of nitrogens with zero attached hydrogens (tertiary/aromatic N) is 1. The fourth-order valence-corrected chi connectivity index (χ4v) is 1.89. The number of aromatic carboxylic acids is 1. The van der Waals surface area contributed by atoms with Gasteiger partial charge in [0, 0.05) is 17.7 Å². The smallest absolute Gasteiger partial charge is 0.412 e. The zero-order valence-corrected chi connectivity index (χ0v) is 13.7. The molecule has 2 rings (SSSR count). The van der Waals surface area contributed by atoms with E-state index < -0.39 is 17.7 Å². The predicted octanol–water partition coefficient (Wildman–Crippen LogP) is 3.40. The van der Waals surface area contributed by atoms with E-state index in [1.165, 1.54) is 13.2 Å². The topological polar surface area (TPSA) is 111 Å². The Kier molecular flexibility index (Phi) is 4.77. The average molecular weight is 334 g/mol. The second-order valence-electron chi connectivity index (χ2n) is 5.92. The number of carboxylic acids is 1. The summed E-state index contributed by atoms with van der Waals surface area (Å²) in [6.07, 6.45) is -0.654. The summed E-state index contributed by atoms with van der Waals surface area (Å²) in [7, 11) is 1.49. The number of anilines is 1. The molecule has 8 heteroatoms. The van der Waals surface area contributed by atoms with Crippen molar-refractivity contribution >= 4 is 17.7 Å². The van der Waals surface area contributed by atoms with Crippen LogP contribution < -0.4 is 10.1 Å². The molecule has 24 heavy (non-hydrogen) atoms. The fraction of sp³-hybridized carbons (Fsp3) is 0.312. The van der Waals surface area contributed by atoms with Gasteiger partial charge in [0.25, 0.3) is 0 Å². The lowest BCUT2D eigenvalue weighted by Crippen LogP contribution is -2.27. The third kappa shape index (κ3) is 4.25. The van der Waals surface area contributed by atoms with Crippen molar-refractivity contribution in [1.82, 2.24) is 5.16 Å². The van der Waals surface area contributed by atoms with Crippen molar-refractivity contribution in [3.63, 3.8) is 0 Å². The molecule has 1 heterocycles. The highest BCUT2D eigenvalue weighted by atomic mass is 16.6. The third-order valence-corrected chi connectivity index (χ3v) is 2.86. The molecular weight excluding hydrogens is 316 g/mol. The van der Waals surface area contributed by atoms with Crippen molar-refractivity contribution in [3.05, 3.63) is 30.0 Å². The number of carbonyl (C=O) groups is 2. The van der Waals surface area contributed by atoms with Gasteiger partial charge in [-0.05, 0) is 32.9 Å². The summed E-state index contributed by atoms with van der Waals surface area (Å²) in [4.78, 5) is 22.9. The number of benzene rings is 1. The maximum absolute atomic E-state index is 12.0. The van der Waals surface area contributed by atoms with Gasteiger partial charge in [-0.1, -0.05) is 5.16 Å². The highest BCUT2D eigenvalue weighted by Crippen LogP contribution is 2.31. The molecule has 0 spiro atoms. The van der Waals surface area contributed by atoms with E-state index in [4.69, 9.17) is 19.1 Å². The molecule has 0 aliphatic carbocycles. The Morgan fingerprint density at radius 1 is 1.25 bits per heavy atom. The van der Waals surface area contributed by atoms with Gasteiger partial charge >= 0.3 is 12.1 Å². The van der Waals surface area contributed by atoms with Crippen LogP contribution in [0, 0.1) is 0 Å². The molecule has 0 saturated carbocycles. The minimum Gasteiger partial charge on any atom is -0.497 e. The quantitative estimate of drug-likeness (QED) is 0.881. The maximum atomic E-state index is 12.0. The second-order valence-corrected chi connectivity index (χ2v) is 5.92. The van der Waals surface area contributed by atoms with Crippen LogP contribution in [-0.2, 0) is 4.74 Å². The van der Waals surface area contributed by atoms with Gasteiger partial charge in [0.05, 0.1) is 12.8 Å². The van der Waals surface area contributed by atoms with Crippen LogP contribution in [0.4, 0.5) is 10.5 Å². The molecule has 0 saturated heterocycles. The summed E-state index contributed by atoms with van der Waals surface area (Å²) in [5, 5.41) is 15.3. The molecule has 8 nitrogen and oxygen atoms in total. The van der Waals surface area contributed by atoms with Gasteiger partial charge in [-0.3, -0.25) is 5.32 Å². The number of carbonyl (C=O) groups excluding carboxylic acids is 1. The highest BCUT2D eigenvalue weighted by Gasteiger charge is 2.20. The predicted molar refractivity (Wildman–Crippen MR) is 85.3 cm³/mol. The number of nitrogens with one attached hydrogen (secondary N) is 1. The van der Waals surface area contributed by atoms with Crippen LogP contribution >= 0.6 is 0 Å². The SMILES string of the molecule is COc1ccc(-c2cc(C(=O)O)on2)c(NC(=O)OC(C)(C)C)c1. The first kappa shape index (κ1) is 17.3. The van der Waals surface area contributed by atoms with E-state index >= 15 is 0 Å². The first-order valence-corrected chi connectivity index (χ1v) is 7.08. The normalized spacial score (nSPS) is 11.0. The number of rotatable bonds is 4. The van der Waals surface area contributed by atoms with Crippen LogP contribution in [0.25, 0.3) is 11.3 Å². The van der Waals surface area contributed by atoms with Gasteiger partial charge in [-0.2, -0.15) is 0 Å². The van der Waals surface area contributed by atoms with E-state index in [-0.39, 0.29) is 11.5 Å². The monoisotopic (exact) mass is 334 g/mol. The van der Waals surface area contributed by atoms with Gasteiger partial charge < -0.3 is 19.1 Å². The number of carboxylic acid groups (broad SMARTS) is 1. The van der Waals surface area contributed by atoms with Gasteiger partial charge in [-0.15, -0.1) is 0 Å². The number of methoxy groups -OCH3 is 1. The number of hydrogen-bond acceptors (Lipinski definition) is 6. The summed E-state index contributed by atoms with van der Waals surface area (Å²) in [5.41, 5.74) is 0.431. The van der Waals surface area contributed by atoms with Crippen molar-refractivity contribution in [3.8, 4) is 17.0 Å². The molecule has 0 radical (unpaired) electrons. The largest absolute Gasteiger partial charge is 0.497 e. The van der Waals surface area contributed by atoms with Crippen LogP contribution in [0.1, 0.15) is 31.3 Å². The average Bonchev–Trinajstić information content (AvgIpc) is 2.94. The van der Waals surface area contributed by atoms with E-state index in [1.54, 1.807) is 39.0 Å². The highest BCUT2D eigenvalue weighted by molar-refractivity contribution is 5.92. The van der Waals surface area contributed by atoms with Crippen LogP contribution in [0.3, 0.4) is 0 Å². The van der Waals surface area contributed by atoms with Crippen molar-refractivity contribution in [1.29, 1.82) is 0 Å². The lowest BCUT2D eigenvalue weighted by Gasteiger charge is -2.20. The molecule has 128 valence electrons. The summed E-state index contributed by atoms with van der Waals surface area (Å²) in [6, 6.07) is 6.14. The summed E-state index contributed by atoms with van der Waals surface area (Å²) in [6.45, 7) is 5.24.